The fraction of sp³-hybridized carbons (Fsp3) is 0.174. The number of aromatic nitrogens is 2. The summed E-state index contributed by atoms with van der Waals surface area (Å²) in [5, 5.41) is 2.64. The van der Waals surface area contributed by atoms with E-state index in [-0.39, 0.29) is 12.2 Å². The summed E-state index contributed by atoms with van der Waals surface area (Å²) in [6.07, 6.45) is 3.89. The molecule has 2 heterocycles. The van der Waals surface area contributed by atoms with Crippen molar-refractivity contribution in [3.63, 3.8) is 0 Å². The Hall–Kier alpha value is -3.09. The molecule has 29 heavy (non-hydrogen) atoms. The number of ketones is 1. The predicted molar refractivity (Wildman–Crippen MR) is 119 cm³/mol. The molecule has 0 aliphatic rings. The molecule has 5 nitrogen and oxygen atoms in total. The van der Waals surface area contributed by atoms with Crippen LogP contribution in [0.1, 0.15) is 21.6 Å². The van der Waals surface area contributed by atoms with Crippen LogP contribution in [0.5, 0.6) is 0 Å². The molecule has 146 valence electrons. The number of hydrogen-bond acceptors (Lipinski definition) is 6. The third kappa shape index (κ3) is 4.50. The summed E-state index contributed by atoms with van der Waals surface area (Å²) in [6.45, 7) is 0.856. The average Bonchev–Trinajstić information content (AvgIpc) is 3.14. The molecule has 4 rings (SSSR count). The summed E-state index contributed by atoms with van der Waals surface area (Å²) in [6, 6.07) is 16.0. The van der Waals surface area contributed by atoms with Gasteiger partial charge >= 0.3 is 0 Å². The topological polar surface area (TPSA) is 72.1 Å². The maximum Gasteiger partial charge on any atom is 0.180 e. The van der Waals surface area contributed by atoms with Crippen LogP contribution in [0.25, 0.3) is 21.2 Å². The molecular formula is C23H22N4OS. The van der Waals surface area contributed by atoms with Gasteiger partial charge in [0.25, 0.3) is 0 Å². The second kappa shape index (κ2) is 8.11. The number of nitrogens with two attached hydrogens (primary N) is 1. The molecular weight excluding hydrogens is 380 g/mol. The first kappa shape index (κ1) is 19.2. The van der Waals surface area contributed by atoms with Gasteiger partial charge in [-0.1, -0.05) is 47.7 Å². The molecule has 0 atom stereocenters. The van der Waals surface area contributed by atoms with Crippen molar-refractivity contribution in [3.05, 3.63) is 77.7 Å². The molecule has 0 saturated heterocycles. The molecule has 0 spiro atoms. The summed E-state index contributed by atoms with van der Waals surface area (Å²) in [4.78, 5) is 24.4. The Bertz CT molecular complexity index is 1170. The fourth-order valence-electron chi connectivity index (χ4n) is 3.29. The van der Waals surface area contributed by atoms with Crippen molar-refractivity contribution in [1.82, 2.24) is 14.9 Å². The Balaban J connectivity index is 1.55. The van der Waals surface area contributed by atoms with Gasteiger partial charge in [0.15, 0.2) is 10.9 Å². The molecule has 2 aromatic heterocycles. The summed E-state index contributed by atoms with van der Waals surface area (Å²) in [7, 11) is 4.06. The predicted octanol–water partition coefficient (Wildman–Crippen LogP) is 4.43. The third-order valence-corrected chi connectivity index (χ3v) is 5.58. The molecule has 0 bridgehead atoms. The summed E-state index contributed by atoms with van der Waals surface area (Å²) < 4.78 is 0. The first-order valence-electron chi connectivity index (χ1n) is 9.35. The zero-order chi connectivity index (χ0) is 20.4. The van der Waals surface area contributed by atoms with Crippen molar-refractivity contribution in [2.45, 2.75) is 13.0 Å². The van der Waals surface area contributed by atoms with E-state index in [0.29, 0.717) is 10.7 Å². The lowest BCUT2D eigenvalue weighted by molar-refractivity contribution is 0.0992. The molecule has 4 aromatic rings. The van der Waals surface area contributed by atoms with Crippen LogP contribution in [0, 0.1) is 0 Å². The van der Waals surface area contributed by atoms with Gasteiger partial charge in [0.05, 0.1) is 11.3 Å². The van der Waals surface area contributed by atoms with E-state index in [9.17, 15) is 4.79 Å². The van der Waals surface area contributed by atoms with E-state index in [1.165, 1.54) is 16.9 Å². The standard InChI is InChI=1S/C23H22N4OS/c1-27(2)14-15-3-5-16(6-4-15)21(28)11-20-10-19-9-17(7-8-18(19)12-25-20)22-13-26-23(24)29-22/h3-10,12-13H,11,14H2,1-2H3,(H2,24,26). The van der Waals surface area contributed by atoms with Crippen molar-refractivity contribution >= 4 is 33.0 Å². The van der Waals surface area contributed by atoms with Crippen molar-refractivity contribution in [1.29, 1.82) is 0 Å². The van der Waals surface area contributed by atoms with E-state index in [1.807, 2.05) is 62.8 Å². The minimum absolute atomic E-state index is 0.0691. The highest BCUT2D eigenvalue weighted by Crippen LogP contribution is 2.30. The summed E-state index contributed by atoms with van der Waals surface area (Å²) in [5.74, 6) is 0.0691. The zero-order valence-corrected chi connectivity index (χ0v) is 17.2. The van der Waals surface area contributed by atoms with Gasteiger partial charge in [-0.05, 0) is 42.7 Å². The molecule has 0 radical (unpaired) electrons. The number of carbonyl (C=O) groups excluding carboxylic acids is 1. The lowest BCUT2D eigenvalue weighted by Gasteiger charge is -2.10. The molecule has 0 aliphatic carbocycles. The number of rotatable bonds is 6. The lowest BCUT2D eigenvalue weighted by atomic mass is 10.0. The van der Waals surface area contributed by atoms with Crippen LogP contribution in [-0.2, 0) is 13.0 Å². The Morgan fingerprint density at radius 1 is 1.00 bits per heavy atom. The van der Waals surface area contributed by atoms with Crippen molar-refractivity contribution < 1.29 is 4.79 Å². The Kier molecular flexibility index (Phi) is 5.38. The lowest BCUT2D eigenvalue weighted by Crippen LogP contribution is -2.11. The molecule has 0 fully saturated rings. The second-order valence-electron chi connectivity index (χ2n) is 7.33. The van der Waals surface area contributed by atoms with Crippen molar-refractivity contribution in [2.75, 3.05) is 19.8 Å². The first-order valence-corrected chi connectivity index (χ1v) is 10.2. The largest absolute Gasteiger partial charge is 0.375 e. The van der Waals surface area contributed by atoms with Gasteiger partial charge in [-0.15, -0.1) is 0 Å². The van der Waals surface area contributed by atoms with Crippen LogP contribution in [0.4, 0.5) is 5.13 Å². The van der Waals surface area contributed by atoms with E-state index >= 15 is 0 Å². The van der Waals surface area contributed by atoms with Gasteiger partial charge in [-0.2, -0.15) is 0 Å². The molecule has 0 unspecified atom stereocenters. The molecule has 0 aliphatic heterocycles. The number of nitrogens with zero attached hydrogens (tertiary/aromatic N) is 3. The van der Waals surface area contributed by atoms with Crippen LogP contribution < -0.4 is 5.73 Å². The third-order valence-electron chi connectivity index (χ3n) is 4.70. The zero-order valence-electron chi connectivity index (χ0n) is 16.4. The monoisotopic (exact) mass is 402 g/mol. The van der Waals surface area contributed by atoms with Gasteiger partial charge < -0.3 is 10.6 Å². The van der Waals surface area contributed by atoms with Gasteiger partial charge in [0.2, 0.25) is 0 Å². The van der Waals surface area contributed by atoms with Gasteiger partial charge in [0, 0.05) is 35.6 Å². The Morgan fingerprint density at radius 3 is 2.48 bits per heavy atom. The number of pyridine rings is 1. The van der Waals surface area contributed by atoms with Crippen LogP contribution in [0.3, 0.4) is 0 Å². The number of Topliss-reactive ketones (excluding diaryl/α,β-unsaturated/α-hetero) is 1. The highest BCUT2D eigenvalue weighted by Gasteiger charge is 2.10. The fourth-order valence-corrected chi connectivity index (χ4v) is 3.97. The number of nitrogen functional groups attached to an aromatic ring is 1. The summed E-state index contributed by atoms with van der Waals surface area (Å²) >= 11 is 1.46. The van der Waals surface area contributed by atoms with Gasteiger partial charge in [-0.3, -0.25) is 9.78 Å². The smallest absolute Gasteiger partial charge is 0.180 e. The maximum absolute atomic E-state index is 12.7. The quantitative estimate of drug-likeness (QED) is 0.483. The molecule has 6 heteroatoms. The maximum atomic E-state index is 12.7. The van der Waals surface area contributed by atoms with Crippen molar-refractivity contribution in [3.8, 4) is 10.4 Å². The van der Waals surface area contributed by atoms with E-state index in [1.54, 1.807) is 6.20 Å². The highest BCUT2D eigenvalue weighted by atomic mass is 32.1. The van der Waals surface area contributed by atoms with Gasteiger partial charge in [-0.25, -0.2) is 4.98 Å². The number of carbonyl (C=O) groups is 1. The first-order chi connectivity index (χ1) is 14.0. The Morgan fingerprint density at radius 2 is 1.79 bits per heavy atom. The normalized spacial score (nSPS) is 11.3. The van der Waals surface area contributed by atoms with Crippen LogP contribution in [0.2, 0.25) is 0 Å². The molecule has 0 amide bonds. The van der Waals surface area contributed by atoms with Gasteiger partial charge in [0.1, 0.15) is 0 Å². The van der Waals surface area contributed by atoms with Crippen LogP contribution >= 0.6 is 11.3 Å². The Labute approximate surface area is 173 Å². The minimum Gasteiger partial charge on any atom is -0.375 e. The number of benzene rings is 2. The molecule has 0 saturated carbocycles. The summed E-state index contributed by atoms with van der Waals surface area (Å²) in [5.41, 5.74) is 9.48. The second-order valence-corrected chi connectivity index (χ2v) is 8.40. The molecule has 2 aromatic carbocycles. The van der Waals surface area contributed by atoms with E-state index in [2.05, 4.69) is 20.9 Å². The van der Waals surface area contributed by atoms with E-state index < -0.39 is 0 Å². The van der Waals surface area contributed by atoms with Crippen LogP contribution in [0.15, 0.2) is 60.9 Å². The number of fused-ring (bicyclic) bond motifs is 1. The molecule has 2 N–H and O–H groups in total. The van der Waals surface area contributed by atoms with E-state index in [0.717, 1.165) is 33.5 Å². The van der Waals surface area contributed by atoms with Crippen LogP contribution in [-0.4, -0.2) is 34.7 Å². The average molecular weight is 403 g/mol. The van der Waals surface area contributed by atoms with Crippen molar-refractivity contribution in [2.24, 2.45) is 0 Å². The minimum atomic E-state index is 0.0691. The number of thiazole rings is 1. The number of hydrogen-bond donors (Lipinski definition) is 1. The number of anilines is 1. The van der Waals surface area contributed by atoms with E-state index in [4.69, 9.17) is 5.73 Å². The SMILES string of the molecule is CN(C)Cc1ccc(C(=O)Cc2cc3cc(-c4cnc(N)s4)ccc3cn2)cc1. The highest BCUT2D eigenvalue weighted by molar-refractivity contribution is 7.18.